The van der Waals surface area contributed by atoms with E-state index in [2.05, 4.69) is 71.5 Å². The van der Waals surface area contributed by atoms with Crippen LogP contribution in [0.2, 0.25) is 0 Å². The summed E-state index contributed by atoms with van der Waals surface area (Å²) in [5.41, 5.74) is 4.91. The molecular formula is C17H17BrN2S. The van der Waals surface area contributed by atoms with Crippen LogP contribution in [0.5, 0.6) is 0 Å². The highest BCUT2D eigenvalue weighted by Crippen LogP contribution is 2.32. The zero-order valence-corrected chi connectivity index (χ0v) is 14.5. The topological polar surface area (TPSA) is 24.4 Å². The van der Waals surface area contributed by atoms with Gasteiger partial charge in [0, 0.05) is 15.9 Å². The Labute approximate surface area is 138 Å². The summed E-state index contributed by atoms with van der Waals surface area (Å²) in [4.78, 5) is 4.82. The summed E-state index contributed by atoms with van der Waals surface area (Å²) in [5.74, 6) is 1.00. The number of thioether (sulfide) groups is 1. The summed E-state index contributed by atoms with van der Waals surface area (Å²) >= 11 is 5.33. The molecule has 1 aliphatic heterocycles. The summed E-state index contributed by atoms with van der Waals surface area (Å²) in [6, 6.07) is 15.0. The van der Waals surface area contributed by atoms with E-state index in [0.29, 0.717) is 0 Å². The minimum atomic E-state index is 0.259. The molecule has 0 fully saturated rings. The lowest BCUT2D eigenvalue weighted by Crippen LogP contribution is -2.08. The van der Waals surface area contributed by atoms with Crippen molar-refractivity contribution in [3.8, 4) is 0 Å². The Balaban J connectivity index is 1.81. The maximum atomic E-state index is 4.82. The number of anilines is 1. The Bertz CT molecular complexity index is 659. The van der Waals surface area contributed by atoms with Gasteiger partial charge in [0.25, 0.3) is 0 Å². The normalized spacial score (nSPS) is 17.7. The molecule has 1 N–H and O–H groups in total. The van der Waals surface area contributed by atoms with E-state index in [9.17, 15) is 0 Å². The first-order valence-corrected chi connectivity index (χ1v) is 8.70. The van der Waals surface area contributed by atoms with Crippen molar-refractivity contribution in [2.45, 2.75) is 19.9 Å². The Hall–Kier alpha value is -1.26. The van der Waals surface area contributed by atoms with Crippen LogP contribution in [0.1, 0.15) is 22.7 Å². The van der Waals surface area contributed by atoms with E-state index in [-0.39, 0.29) is 6.04 Å². The fraction of sp³-hybridized carbons (Fsp3) is 0.235. The SMILES string of the molecule is Cc1cc(Br)cc(C)c1NC1=NC(c2ccccc2)CS1. The second-order valence-electron chi connectivity index (χ2n) is 5.21. The standard InChI is InChI=1S/C17H17BrN2S/c1-11-8-14(18)9-12(2)16(11)20-17-19-15(10-21-17)13-6-4-3-5-7-13/h3-9,15H,10H2,1-2H3,(H,19,20). The number of nitrogens with one attached hydrogen (secondary N) is 1. The third-order valence-corrected chi connectivity index (χ3v) is 4.99. The first-order valence-electron chi connectivity index (χ1n) is 6.93. The summed E-state index contributed by atoms with van der Waals surface area (Å²) in [6.45, 7) is 4.24. The van der Waals surface area contributed by atoms with Gasteiger partial charge in [0.1, 0.15) is 0 Å². The zero-order chi connectivity index (χ0) is 14.8. The van der Waals surface area contributed by atoms with E-state index in [0.717, 1.165) is 21.1 Å². The van der Waals surface area contributed by atoms with E-state index in [1.165, 1.54) is 16.7 Å². The fourth-order valence-electron chi connectivity index (χ4n) is 2.50. The van der Waals surface area contributed by atoms with Gasteiger partial charge in [-0.2, -0.15) is 0 Å². The summed E-state index contributed by atoms with van der Waals surface area (Å²) in [7, 11) is 0. The van der Waals surface area contributed by atoms with Gasteiger partial charge < -0.3 is 5.32 Å². The van der Waals surface area contributed by atoms with E-state index in [4.69, 9.17) is 4.99 Å². The molecule has 1 aliphatic rings. The van der Waals surface area contributed by atoms with Crippen molar-refractivity contribution in [1.29, 1.82) is 0 Å². The van der Waals surface area contributed by atoms with E-state index in [1.54, 1.807) is 11.8 Å². The number of aliphatic imine (C=N–C) groups is 1. The van der Waals surface area contributed by atoms with Crippen LogP contribution < -0.4 is 5.32 Å². The molecule has 0 saturated carbocycles. The van der Waals surface area contributed by atoms with Crippen molar-refractivity contribution in [3.63, 3.8) is 0 Å². The van der Waals surface area contributed by atoms with E-state index in [1.807, 2.05) is 6.07 Å². The molecule has 3 rings (SSSR count). The van der Waals surface area contributed by atoms with E-state index < -0.39 is 0 Å². The second kappa shape index (κ2) is 6.24. The van der Waals surface area contributed by atoms with Gasteiger partial charge in [-0.05, 0) is 42.7 Å². The van der Waals surface area contributed by atoms with Crippen molar-refractivity contribution in [1.82, 2.24) is 0 Å². The molecule has 0 bridgehead atoms. The summed E-state index contributed by atoms with van der Waals surface area (Å²) in [6.07, 6.45) is 0. The lowest BCUT2D eigenvalue weighted by Gasteiger charge is -2.12. The number of hydrogen-bond acceptors (Lipinski definition) is 3. The van der Waals surface area contributed by atoms with Crippen LogP contribution in [-0.2, 0) is 0 Å². The molecule has 0 aliphatic carbocycles. The lowest BCUT2D eigenvalue weighted by molar-refractivity contribution is 0.849. The molecule has 108 valence electrons. The maximum Gasteiger partial charge on any atom is 0.161 e. The van der Waals surface area contributed by atoms with Crippen LogP contribution in [0.15, 0.2) is 51.9 Å². The summed E-state index contributed by atoms with van der Waals surface area (Å²) < 4.78 is 1.12. The van der Waals surface area contributed by atoms with Crippen molar-refractivity contribution in [2.24, 2.45) is 4.99 Å². The van der Waals surface area contributed by atoms with Crippen LogP contribution in [0.3, 0.4) is 0 Å². The number of benzene rings is 2. The average Bonchev–Trinajstić information content (AvgIpc) is 2.92. The molecule has 4 heteroatoms. The van der Waals surface area contributed by atoms with Crippen molar-refractivity contribution in [3.05, 3.63) is 63.6 Å². The Morgan fingerprint density at radius 2 is 1.81 bits per heavy atom. The van der Waals surface area contributed by atoms with E-state index >= 15 is 0 Å². The van der Waals surface area contributed by atoms with Gasteiger partial charge in [0.2, 0.25) is 0 Å². The Kier molecular flexibility index (Phi) is 4.36. The molecule has 0 spiro atoms. The number of rotatable bonds is 2. The van der Waals surface area contributed by atoms with Crippen LogP contribution >= 0.6 is 27.7 Å². The van der Waals surface area contributed by atoms with Crippen molar-refractivity contribution >= 4 is 38.5 Å². The molecule has 2 nitrogen and oxygen atoms in total. The van der Waals surface area contributed by atoms with Crippen LogP contribution in [0, 0.1) is 13.8 Å². The highest BCUT2D eigenvalue weighted by atomic mass is 79.9. The predicted octanol–water partition coefficient (Wildman–Crippen LogP) is 5.32. The molecule has 0 aromatic heterocycles. The molecular weight excluding hydrogens is 344 g/mol. The first-order chi connectivity index (χ1) is 10.1. The third kappa shape index (κ3) is 3.33. The van der Waals surface area contributed by atoms with Crippen molar-refractivity contribution < 1.29 is 0 Å². The largest absolute Gasteiger partial charge is 0.335 e. The van der Waals surface area contributed by atoms with Gasteiger partial charge in [0.05, 0.1) is 6.04 Å². The molecule has 1 unspecified atom stereocenters. The monoisotopic (exact) mass is 360 g/mol. The molecule has 21 heavy (non-hydrogen) atoms. The molecule has 2 aromatic carbocycles. The molecule has 1 atom stereocenters. The van der Waals surface area contributed by atoms with Gasteiger partial charge >= 0.3 is 0 Å². The van der Waals surface area contributed by atoms with Gasteiger partial charge in [0.15, 0.2) is 5.17 Å². The highest BCUT2D eigenvalue weighted by molar-refractivity contribution is 9.10. The molecule has 0 saturated heterocycles. The number of halogens is 1. The summed E-state index contributed by atoms with van der Waals surface area (Å²) in [5, 5.41) is 4.51. The highest BCUT2D eigenvalue weighted by Gasteiger charge is 2.20. The minimum Gasteiger partial charge on any atom is -0.335 e. The number of hydrogen-bond donors (Lipinski definition) is 1. The predicted molar refractivity (Wildman–Crippen MR) is 96.3 cm³/mol. The zero-order valence-electron chi connectivity index (χ0n) is 12.1. The minimum absolute atomic E-state index is 0.259. The fourth-order valence-corrected chi connectivity index (χ4v) is 4.15. The quantitative estimate of drug-likeness (QED) is 0.783. The Morgan fingerprint density at radius 3 is 2.48 bits per heavy atom. The van der Waals surface area contributed by atoms with Gasteiger partial charge in [-0.15, -0.1) is 0 Å². The average molecular weight is 361 g/mol. The number of aryl methyl sites for hydroxylation is 2. The first kappa shape index (κ1) is 14.7. The molecule has 1 heterocycles. The third-order valence-electron chi connectivity index (χ3n) is 3.56. The van der Waals surface area contributed by atoms with Crippen LogP contribution in [0.25, 0.3) is 0 Å². The number of nitrogens with zero attached hydrogens (tertiary/aromatic N) is 1. The van der Waals surface area contributed by atoms with Crippen LogP contribution in [0.4, 0.5) is 5.69 Å². The van der Waals surface area contributed by atoms with Crippen LogP contribution in [-0.4, -0.2) is 10.9 Å². The van der Waals surface area contributed by atoms with Crippen molar-refractivity contribution in [2.75, 3.05) is 11.1 Å². The number of amidine groups is 1. The van der Waals surface area contributed by atoms with Gasteiger partial charge in [-0.1, -0.05) is 58.0 Å². The lowest BCUT2D eigenvalue weighted by atomic mass is 10.1. The smallest absolute Gasteiger partial charge is 0.161 e. The Morgan fingerprint density at radius 1 is 1.14 bits per heavy atom. The van der Waals surface area contributed by atoms with Gasteiger partial charge in [-0.3, -0.25) is 4.99 Å². The second-order valence-corrected chi connectivity index (χ2v) is 7.14. The van der Waals surface area contributed by atoms with Gasteiger partial charge in [-0.25, -0.2) is 0 Å². The molecule has 0 amide bonds. The molecule has 0 radical (unpaired) electrons. The maximum absolute atomic E-state index is 4.82. The molecule has 2 aromatic rings.